The third-order valence-electron chi connectivity index (χ3n) is 5.57. The van der Waals surface area contributed by atoms with Crippen molar-refractivity contribution in [2.24, 2.45) is 0 Å². The van der Waals surface area contributed by atoms with Crippen molar-refractivity contribution < 1.29 is 9.59 Å². The second-order valence-corrected chi connectivity index (χ2v) is 8.33. The largest absolute Gasteiger partial charge is 0.378 e. The summed E-state index contributed by atoms with van der Waals surface area (Å²) in [5.41, 5.74) is 5.54. The molecule has 1 aliphatic rings. The van der Waals surface area contributed by atoms with Crippen LogP contribution in [0.2, 0.25) is 0 Å². The molecule has 4 rings (SSSR count). The van der Waals surface area contributed by atoms with Crippen LogP contribution in [-0.4, -0.2) is 35.6 Å². The van der Waals surface area contributed by atoms with Gasteiger partial charge in [-0.2, -0.15) is 0 Å². The highest BCUT2D eigenvalue weighted by Crippen LogP contribution is 2.25. The van der Waals surface area contributed by atoms with Gasteiger partial charge in [-0.3, -0.25) is 19.8 Å². The molecule has 0 radical (unpaired) electrons. The highest BCUT2D eigenvalue weighted by molar-refractivity contribution is 7.80. The van der Waals surface area contributed by atoms with Gasteiger partial charge in [0.1, 0.15) is 5.57 Å². The third kappa shape index (κ3) is 3.94. The van der Waals surface area contributed by atoms with Gasteiger partial charge in [0.15, 0.2) is 5.11 Å². The number of benzene rings is 2. The number of aryl methyl sites for hydroxylation is 2. The van der Waals surface area contributed by atoms with Gasteiger partial charge in [0.2, 0.25) is 0 Å². The number of anilines is 2. The van der Waals surface area contributed by atoms with Crippen LogP contribution in [0.4, 0.5) is 11.4 Å². The Morgan fingerprint density at radius 1 is 0.938 bits per heavy atom. The molecule has 6 nitrogen and oxygen atoms in total. The molecule has 0 aliphatic carbocycles. The van der Waals surface area contributed by atoms with Gasteiger partial charge in [-0.15, -0.1) is 0 Å². The van der Waals surface area contributed by atoms with E-state index >= 15 is 0 Å². The molecule has 2 aromatic carbocycles. The minimum Gasteiger partial charge on any atom is -0.378 e. The minimum atomic E-state index is -0.504. The smallest absolute Gasteiger partial charge is 0.270 e. The molecule has 162 valence electrons. The molecular weight excluding hydrogens is 420 g/mol. The summed E-state index contributed by atoms with van der Waals surface area (Å²) in [5.74, 6) is -0.950. The predicted octanol–water partition coefficient (Wildman–Crippen LogP) is 3.99. The van der Waals surface area contributed by atoms with Crippen molar-refractivity contribution in [3.05, 3.63) is 83.2 Å². The zero-order valence-corrected chi connectivity index (χ0v) is 19.2. The highest BCUT2D eigenvalue weighted by Gasteiger charge is 2.34. The van der Waals surface area contributed by atoms with Crippen LogP contribution in [0, 0.1) is 13.8 Å². The Labute approximate surface area is 192 Å². The van der Waals surface area contributed by atoms with E-state index in [-0.39, 0.29) is 10.7 Å². The zero-order valence-electron chi connectivity index (χ0n) is 18.4. The summed E-state index contributed by atoms with van der Waals surface area (Å²) in [7, 11) is 3.97. The molecule has 1 N–H and O–H groups in total. The Kier molecular flexibility index (Phi) is 5.67. The molecule has 0 bridgehead atoms. The first kappa shape index (κ1) is 21.5. The summed E-state index contributed by atoms with van der Waals surface area (Å²) in [6, 6.07) is 17.4. The second-order valence-electron chi connectivity index (χ2n) is 7.94. The molecule has 1 fully saturated rings. The Bertz CT molecular complexity index is 1260. The maximum atomic E-state index is 13.3. The van der Waals surface area contributed by atoms with Crippen molar-refractivity contribution in [2.75, 3.05) is 23.9 Å². The number of nitrogens with zero attached hydrogens (tertiary/aromatic N) is 3. The van der Waals surface area contributed by atoms with Crippen LogP contribution >= 0.6 is 12.2 Å². The third-order valence-corrected chi connectivity index (χ3v) is 5.85. The average Bonchev–Trinajstić information content (AvgIpc) is 3.22. The number of hydrogen-bond acceptors (Lipinski definition) is 4. The van der Waals surface area contributed by atoms with Crippen LogP contribution in [0.25, 0.3) is 11.8 Å². The number of thiocarbonyl (C=S) groups is 1. The lowest BCUT2D eigenvalue weighted by Gasteiger charge is -2.29. The van der Waals surface area contributed by atoms with Crippen LogP contribution in [0.5, 0.6) is 0 Å². The molecule has 0 unspecified atom stereocenters. The van der Waals surface area contributed by atoms with Gasteiger partial charge in [0.05, 0.1) is 5.69 Å². The fourth-order valence-electron chi connectivity index (χ4n) is 3.56. The van der Waals surface area contributed by atoms with Crippen LogP contribution in [0.3, 0.4) is 0 Å². The number of hydrogen-bond donors (Lipinski definition) is 1. The van der Waals surface area contributed by atoms with Gasteiger partial charge in [-0.05, 0) is 91.8 Å². The fourth-order valence-corrected chi connectivity index (χ4v) is 3.84. The maximum absolute atomic E-state index is 13.3. The molecule has 0 atom stereocenters. The summed E-state index contributed by atoms with van der Waals surface area (Å²) < 4.78 is 1.93. The molecule has 1 aliphatic heterocycles. The van der Waals surface area contributed by atoms with E-state index < -0.39 is 11.8 Å². The molecular formula is C25H24N4O2S. The fraction of sp³-hybridized carbons (Fsp3) is 0.160. The van der Waals surface area contributed by atoms with Gasteiger partial charge in [-0.1, -0.05) is 6.07 Å². The first-order valence-electron chi connectivity index (χ1n) is 10.2. The Morgan fingerprint density at radius 3 is 2.28 bits per heavy atom. The number of nitrogens with one attached hydrogen (secondary N) is 1. The van der Waals surface area contributed by atoms with E-state index in [1.54, 1.807) is 6.08 Å². The molecule has 0 saturated carbocycles. The van der Waals surface area contributed by atoms with Crippen molar-refractivity contribution in [3.8, 4) is 5.69 Å². The molecule has 1 aromatic heterocycles. The number of carbonyl (C=O) groups is 2. The van der Waals surface area contributed by atoms with Crippen LogP contribution in [0.15, 0.2) is 66.4 Å². The summed E-state index contributed by atoms with van der Waals surface area (Å²) in [6.07, 6.45) is 3.50. The van der Waals surface area contributed by atoms with E-state index in [1.165, 1.54) is 4.90 Å². The number of amides is 2. The van der Waals surface area contributed by atoms with E-state index in [0.29, 0.717) is 11.4 Å². The van der Waals surface area contributed by atoms with Crippen LogP contribution in [-0.2, 0) is 9.59 Å². The first-order valence-corrected chi connectivity index (χ1v) is 10.6. The van der Waals surface area contributed by atoms with Crippen molar-refractivity contribution in [3.63, 3.8) is 0 Å². The molecule has 2 heterocycles. The summed E-state index contributed by atoms with van der Waals surface area (Å²) >= 11 is 5.31. The van der Waals surface area contributed by atoms with Gasteiger partial charge in [-0.25, -0.2) is 0 Å². The Balaban J connectivity index is 1.71. The second kappa shape index (κ2) is 8.43. The van der Waals surface area contributed by atoms with Crippen molar-refractivity contribution in [1.29, 1.82) is 0 Å². The SMILES string of the molecule is Cc1ccc(N2C(=O)C(=Cc3cccn3-c3ccc(N(C)C)cc3)C(=O)NC2=S)cc1C. The van der Waals surface area contributed by atoms with Crippen molar-refractivity contribution in [2.45, 2.75) is 13.8 Å². The van der Waals surface area contributed by atoms with Crippen LogP contribution < -0.4 is 15.1 Å². The van der Waals surface area contributed by atoms with Gasteiger partial charge < -0.3 is 9.47 Å². The van der Waals surface area contributed by atoms with E-state index in [4.69, 9.17) is 12.2 Å². The molecule has 3 aromatic rings. The first-order chi connectivity index (χ1) is 15.3. The summed E-state index contributed by atoms with van der Waals surface area (Å²) in [4.78, 5) is 29.4. The van der Waals surface area contributed by atoms with Crippen molar-refractivity contribution in [1.82, 2.24) is 9.88 Å². The quantitative estimate of drug-likeness (QED) is 0.376. The van der Waals surface area contributed by atoms with E-state index in [9.17, 15) is 9.59 Å². The monoisotopic (exact) mass is 444 g/mol. The van der Waals surface area contributed by atoms with Gasteiger partial charge in [0.25, 0.3) is 11.8 Å². The maximum Gasteiger partial charge on any atom is 0.270 e. The lowest BCUT2D eigenvalue weighted by Crippen LogP contribution is -2.54. The lowest BCUT2D eigenvalue weighted by molar-refractivity contribution is -0.122. The highest BCUT2D eigenvalue weighted by atomic mass is 32.1. The van der Waals surface area contributed by atoms with E-state index in [1.807, 2.05) is 98.2 Å². The Hall–Kier alpha value is -3.71. The molecule has 0 spiro atoms. The molecule has 32 heavy (non-hydrogen) atoms. The van der Waals surface area contributed by atoms with Gasteiger partial charge >= 0.3 is 0 Å². The summed E-state index contributed by atoms with van der Waals surface area (Å²) in [5, 5.41) is 2.73. The van der Waals surface area contributed by atoms with Gasteiger partial charge in [0, 0.05) is 37.4 Å². The predicted molar refractivity (Wildman–Crippen MR) is 132 cm³/mol. The topological polar surface area (TPSA) is 57.6 Å². The zero-order chi connectivity index (χ0) is 23.0. The number of aromatic nitrogens is 1. The van der Waals surface area contributed by atoms with Crippen LogP contribution in [0.1, 0.15) is 16.8 Å². The molecule has 2 amide bonds. The molecule has 7 heteroatoms. The Morgan fingerprint density at radius 2 is 1.62 bits per heavy atom. The lowest BCUT2D eigenvalue weighted by atomic mass is 10.1. The van der Waals surface area contributed by atoms with Crippen molar-refractivity contribution >= 4 is 46.6 Å². The van der Waals surface area contributed by atoms with E-state index in [2.05, 4.69) is 5.32 Å². The number of rotatable bonds is 4. The normalized spacial score (nSPS) is 15.3. The minimum absolute atomic E-state index is 0.0293. The van der Waals surface area contributed by atoms with E-state index in [0.717, 1.165) is 22.5 Å². The average molecular weight is 445 g/mol. The number of carbonyl (C=O) groups excluding carboxylic acids is 2. The summed E-state index contributed by atoms with van der Waals surface area (Å²) in [6.45, 7) is 3.97. The molecule has 1 saturated heterocycles. The standard InChI is InChI=1S/C25H24N4O2S/c1-16-7-8-21(14-17(16)2)29-24(31)22(23(30)26-25(29)32)15-20-6-5-13-28(20)19-11-9-18(10-12-19)27(3)4/h5-15H,1-4H3,(H,26,30,32).